The van der Waals surface area contributed by atoms with Crippen molar-refractivity contribution in [3.05, 3.63) is 11.6 Å². The minimum atomic E-state index is -0.109. The van der Waals surface area contributed by atoms with Crippen molar-refractivity contribution in [3.63, 3.8) is 0 Å². The Morgan fingerprint density at radius 3 is 2.33 bits per heavy atom. The minimum Gasteiger partial charge on any atom is -0.462 e. The highest BCUT2D eigenvalue weighted by molar-refractivity contribution is 5.66. The van der Waals surface area contributed by atoms with Gasteiger partial charge in [-0.2, -0.15) is 0 Å². The molecule has 9 atom stereocenters. The van der Waals surface area contributed by atoms with Crippen LogP contribution in [0.1, 0.15) is 120 Å². The average Bonchev–Trinajstić information content (AvgIpc) is 2.72. The lowest BCUT2D eigenvalue weighted by Gasteiger charge is -2.71. The maximum absolute atomic E-state index is 11.9. The third-order valence-electron chi connectivity index (χ3n) is 13.0. The zero-order valence-corrected chi connectivity index (χ0v) is 22.9. The van der Waals surface area contributed by atoms with E-state index < -0.39 is 0 Å². The summed E-state index contributed by atoms with van der Waals surface area (Å²) in [6, 6.07) is 0. The molecule has 0 bridgehead atoms. The molecule has 0 aromatic carbocycles. The number of esters is 1. The monoisotopic (exact) mass is 454 g/mol. The first-order chi connectivity index (χ1) is 15.3. The fourth-order valence-electron chi connectivity index (χ4n) is 10.8. The molecule has 4 saturated carbocycles. The van der Waals surface area contributed by atoms with Crippen LogP contribution in [0.4, 0.5) is 0 Å². The standard InChI is InChI=1S/C31H50O2/c1-20-11-14-28(5)17-18-30(7)22(23(28)19-20)9-10-25-29(6)15-13-26(33-21(2)32)27(3,4)24(29)12-16-31(25,30)8/h9,20,23-26H,10-19H2,1-8H3/t20-,23+,24-,25+,26+,28-,29-,30-,31+/m1/s1. The predicted molar refractivity (Wildman–Crippen MR) is 136 cm³/mol. The van der Waals surface area contributed by atoms with Gasteiger partial charge >= 0.3 is 5.97 Å². The van der Waals surface area contributed by atoms with E-state index in [4.69, 9.17) is 4.74 Å². The van der Waals surface area contributed by atoms with E-state index in [-0.39, 0.29) is 17.5 Å². The number of hydrogen-bond donors (Lipinski definition) is 0. The summed E-state index contributed by atoms with van der Waals surface area (Å²) in [5.74, 6) is 2.94. The van der Waals surface area contributed by atoms with Gasteiger partial charge in [0.2, 0.25) is 0 Å². The zero-order chi connectivity index (χ0) is 24.0. The third-order valence-corrected chi connectivity index (χ3v) is 13.0. The average molecular weight is 455 g/mol. The Balaban J connectivity index is 1.52. The van der Waals surface area contributed by atoms with Crippen molar-refractivity contribution in [1.29, 1.82) is 0 Å². The molecule has 33 heavy (non-hydrogen) atoms. The zero-order valence-electron chi connectivity index (χ0n) is 22.9. The van der Waals surface area contributed by atoms with Gasteiger partial charge in [-0.25, -0.2) is 0 Å². The van der Waals surface area contributed by atoms with Gasteiger partial charge in [-0.05, 0) is 103 Å². The molecular weight excluding hydrogens is 404 g/mol. The van der Waals surface area contributed by atoms with Crippen molar-refractivity contribution < 1.29 is 9.53 Å². The largest absolute Gasteiger partial charge is 0.462 e. The molecule has 0 N–H and O–H groups in total. The first-order valence-corrected chi connectivity index (χ1v) is 14.2. The fraction of sp³-hybridized carbons (Fsp3) is 0.903. The highest BCUT2D eigenvalue weighted by atomic mass is 16.5. The molecule has 5 aliphatic carbocycles. The van der Waals surface area contributed by atoms with Crippen LogP contribution in [0, 0.1) is 50.7 Å². The van der Waals surface area contributed by atoms with E-state index >= 15 is 0 Å². The summed E-state index contributed by atoms with van der Waals surface area (Å²) in [5.41, 5.74) is 3.52. The van der Waals surface area contributed by atoms with Gasteiger partial charge in [-0.1, -0.05) is 66.5 Å². The van der Waals surface area contributed by atoms with E-state index in [2.05, 4.69) is 54.5 Å². The van der Waals surface area contributed by atoms with Crippen LogP contribution in [0.5, 0.6) is 0 Å². The second-order valence-corrected chi connectivity index (χ2v) is 14.8. The Morgan fingerprint density at radius 2 is 1.64 bits per heavy atom. The summed E-state index contributed by atoms with van der Waals surface area (Å²) >= 11 is 0. The van der Waals surface area contributed by atoms with Crippen LogP contribution in [-0.4, -0.2) is 12.1 Å². The van der Waals surface area contributed by atoms with Crippen molar-refractivity contribution in [2.75, 3.05) is 0 Å². The summed E-state index contributed by atoms with van der Waals surface area (Å²) in [5, 5.41) is 0. The van der Waals surface area contributed by atoms with Crippen molar-refractivity contribution in [2.45, 2.75) is 126 Å². The molecule has 2 nitrogen and oxygen atoms in total. The number of fused-ring (bicyclic) bond motifs is 7. The van der Waals surface area contributed by atoms with Crippen LogP contribution in [0.3, 0.4) is 0 Å². The number of allylic oxidation sites excluding steroid dienone is 2. The first kappa shape index (κ1) is 23.9. The molecule has 0 aliphatic heterocycles. The van der Waals surface area contributed by atoms with E-state index in [1.807, 2.05) is 5.57 Å². The molecule has 0 aromatic heterocycles. The predicted octanol–water partition coefficient (Wildman–Crippen LogP) is 8.35. The van der Waals surface area contributed by atoms with Crippen molar-refractivity contribution in [3.8, 4) is 0 Å². The lowest BCUT2D eigenvalue weighted by atomic mass is 9.34. The molecule has 186 valence electrons. The van der Waals surface area contributed by atoms with Gasteiger partial charge < -0.3 is 4.74 Å². The van der Waals surface area contributed by atoms with Crippen molar-refractivity contribution in [1.82, 2.24) is 0 Å². The normalized spacial score (nSPS) is 53.0. The Kier molecular flexibility index (Phi) is 5.34. The van der Waals surface area contributed by atoms with E-state index in [0.717, 1.165) is 24.2 Å². The van der Waals surface area contributed by atoms with Gasteiger partial charge in [0, 0.05) is 12.3 Å². The van der Waals surface area contributed by atoms with Crippen molar-refractivity contribution in [2.24, 2.45) is 50.7 Å². The van der Waals surface area contributed by atoms with Gasteiger partial charge in [0.05, 0.1) is 0 Å². The number of ether oxygens (including phenoxy) is 1. The van der Waals surface area contributed by atoms with E-state index in [1.165, 1.54) is 57.8 Å². The van der Waals surface area contributed by atoms with Crippen LogP contribution in [0.15, 0.2) is 11.6 Å². The summed E-state index contributed by atoms with van der Waals surface area (Å²) in [4.78, 5) is 11.9. The van der Waals surface area contributed by atoms with E-state index in [9.17, 15) is 4.79 Å². The lowest BCUT2D eigenvalue weighted by Crippen LogP contribution is -2.64. The number of rotatable bonds is 1. The fourth-order valence-corrected chi connectivity index (χ4v) is 10.8. The highest BCUT2D eigenvalue weighted by Crippen LogP contribution is 2.75. The topological polar surface area (TPSA) is 26.3 Å². The summed E-state index contributed by atoms with van der Waals surface area (Å²) in [7, 11) is 0. The van der Waals surface area contributed by atoms with Crippen LogP contribution in [0.25, 0.3) is 0 Å². The molecule has 0 amide bonds. The second kappa shape index (κ2) is 7.36. The quantitative estimate of drug-likeness (QED) is 0.294. The van der Waals surface area contributed by atoms with Crippen molar-refractivity contribution >= 4 is 5.97 Å². The van der Waals surface area contributed by atoms with Gasteiger partial charge in [0.25, 0.3) is 0 Å². The number of carbonyl (C=O) groups excluding carboxylic acids is 1. The lowest BCUT2D eigenvalue weighted by molar-refractivity contribution is -0.211. The first-order valence-electron chi connectivity index (χ1n) is 14.2. The Labute approximate surface area is 203 Å². The van der Waals surface area contributed by atoms with Gasteiger partial charge in [-0.3, -0.25) is 4.79 Å². The maximum Gasteiger partial charge on any atom is 0.302 e. The van der Waals surface area contributed by atoms with Crippen LogP contribution >= 0.6 is 0 Å². The van der Waals surface area contributed by atoms with Crippen LogP contribution < -0.4 is 0 Å². The Bertz CT molecular complexity index is 855. The molecule has 0 unspecified atom stereocenters. The molecule has 4 fully saturated rings. The molecule has 2 heteroatoms. The SMILES string of the molecule is CC(=O)O[C@H]1CC[C@]2(C)[C@H](CC[C@@]3(C)[C@H]2CC=C2[C@@H]4C[C@H](C)CC[C@]4(C)CC[C@]23C)C1(C)C. The van der Waals surface area contributed by atoms with E-state index in [1.54, 1.807) is 6.92 Å². The van der Waals surface area contributed by atoms with Gasteiger partial charge in [0.1, 0.15) is 6.10 Å². The molecule has 5 rings (SSSR count). The molecule has 5 aliphatic rings. The molecule has 0 radical (unpaired) electrons. The second-order valence-electron chi connectivity index (χ2n) is 14.8. The maximum atomic E-state index is 11.9. The summed E-state index contributed by atoms with van der Waals surface area (Å²) in [6.45, 7) is 19.5. The van der Waals surface area contributed by atoms with Crippen LogP contribution in [-0.2, 0) is 9.53 Å². The minimum absolute atomic E-state index is 0.0504. The Morgan fingerprint density at radius 1 is 0.909 bits per heavy atom. The molecule has 0 heterocycles. The summed E-state index contributed by atoms with van der Waals surface area (Å²) in [6.07, 6.45) is 16.0. The number of hydrogen-bond acceptors (Lipinski definition) is 2. The van der Waals surface area contributed by atoms with E-state index in [0.29, 0.717) is 27.6 Å². The smallest absolute Gasteiger partial charge is 0.302 e. The van der Waals surface area contributed by atoms with Crippen LogP contribution in [0.2, 0.25) is 0 Å². The van der Waals surface area contributed by atoms with Gasteiger partial charge in [-0.15, -0.1) is 0 Å². The molecule has 0 spiro atoms. The van der Waals surface area contributed by atoms with Gasteiger partial charge in [0.15, 0.2) is 0 Å². The summed E-state index contributed by atoms with van der Waals surface area (Å²) < 4.78 is 5.90. The number of carbonyl (C=O) groups is 1. The highest BCUT2D eigenvalue weighted by Gasteiger charge is 2.67. The Hall–Kier alpha value is -0.790. The molecule has 0 aromatic rings. The molecule has 0 saturated heterocycles. The third kappa shape index (κ3) is 3.13. The molecular formula is C31H50O2.